The van der Waals surface area contributed by atoms with E-state index in [0.29, 0.717) is 28.6 Å². The van der Waals surface area contributed by atoms with E-state index in [2.05, 4.69) is 10.3 Å². The van der Waals surface area contributed by atoms with E-state index in [1.165, 1.54) is 31.0 Å². The van der Waals surface area contributed by atoms with Crippen LogP contribution in [0, 0.1) is 36.5 Å². The number of anilines is 2. The van der Waals surface area contributed by atoms with E-state index in [1.54, 1.807) is 12.1 Å². The lowest BCUT2D eigenvalue weighted by atomic mass is 9.68. The van der Waals surface area contributed by atoms with Crippen molar-refractivity contribution in [1.82, 2.24) is 4.98 Å². The monoisotopic (exact) mass is 721 g/mol. The van der Waals surface area contributed by atoms with Crippen molar-refractivity contribution in [2.45, 2.75) is 35.7 Å². The van der Waals surface area contributed by atoms with E-state index in [-0.39, 0.29) is 52.0 Å². The summed E-state index contributed by atoms with van der Waals surface area (Å²) in [6.07, 6.45) is -4.01. The number of nitrogens with one attached hydrogen (secondary N) is 2. The number of benzene rings is 3. The van der Waals surface area contributed by atoms with Crippen LogP contribution in [0.3, 0.4) is 0 Å². The van der Waals surface area contributed by atoms with Crippen LogP contribution in [0.5, 0.6) is 11.5 Å². The number of amides is 3. The summed E-state index contributed by atoms with van der Waals surface area (Å²) in [6.45, 7) is 1.63. The Kier molecular flexibility index (Phi) is 7.86. The van der Waals surface area contributed by atoms with Crippen molar-refractivity contribution in [3.8, 4) is 11.5 Å². The molecule has 9 nitrogen and oxygen atoms in total. The lowest BCUT2D eigenvalue weighted by molar-refractivity contribution is -0.137. The van der Waals surface area contributed by atoms with Crippen LogP contribution in [-0.2, 0) is 20.6 Å². The molecule has 4 aromatic rings. The van der Waals surface area contributed by atoms with E-state index in [1.807, 2.05) is 37.3 Å². The van der Waals surface area contributed by atoms with E-state index in [0.717, 1.165) is 44.4 Å². The molecule has 3 aromatic carbocycles. The molecule has 2 bridgehead atoms. The highest BCUT2D eigenvalue weighted by molar-refractivity contribution is 8.00. The van der Waals surface area contributed by atoms with Crippen LogP contribution in [-0.4, -0.2) is 41.7 Å². The van der Waals surface area contributed by atoms with Gasteiger partial charge in [0.05, 0.1) is 35.2 Å². The lowest BCUT2D eigenvalue weighted by Gasteiger charge is -2.43. The first-order valence-corrected chi connectivity index (χ1v) is 17.7. The van der Waals surface area contributed by atoms with Gasteiger partial charge in [-0.3, -0.25) is 24.1 Å². The molecule has 8 rings (SSSR count). The maximum absolute atomic E-state index is 14.0. The number of hydrogen-bond acceptors (Lipinski definition) is 8. The summed E-state index contributed by atoms with van der Waals surface area (Å²) in [7, 11) is 1.49. The molecule has 2 N–H and O–H groups in total. The van der Waals surface area contributed by atoms with Gasteiger partial charge in [-0.1, -0.05) is 41.7 Å². The number of imide groups is 1. The Morgan fingerprint density at radius 3 is 2.48 bits per heavy atom. The van der Waals surface area contributed by atoms with Gasteiger partial charge < -0.3 is 19.8 Å². The zero-order chi connectivity index (χ0) is 35.1. The molecule has 2 aliphatic carbocycles. The third-order valence-electron chi connectivity index (χ3n) is 10.5. The molecular weight excluding hydrogens is 692 g/mol. The summed E-state index contributed by atoms with van der Waals surface area (Å²) in [5.74, 6) is -2.80. The summed E-state index contributed by atoms with van der Waals surface area (Å²) in [6, 6.07) is 17.1. The van der Waals surface area contributed by atoms with Crippen molar-refractivity contribution in [3.63, 3.8) is 0 Å². The summed E-state index contributed by atoms with van der Waals surface area (Å²) < 4.78 is 52.2. The molecule has 3 fully saturated rings. The first kappa shape index (κ1) is 32.6. The van der Waals surface area contributed by atoms with E-state index in [4.69, 9.17) is 9.47 Å². The number of ether oxygens (including phenoxy) is 2. The first-order chi connectivity index (χ1) is 23.9. The summed E-state index contributed by atoms with van der Waals surface area (Å²) >= 11 is 2.62. The number of aromatic nitrogens is 1. The molecule has 3 amide bonds. The normalized spacial score (nSPS) is 26.4. The van der Waals surface area contributed by atoms with E-state index >= 15 is 0 Å². The predicted octanol–water partition coefficient (Wildman–Crippen LogP) is 6.47. The van der Waals surface area contributed by atoms with Crippen LogP contribution in [0.4, 0.5) is 24.5 Å². The maximum Gasteiger partial charge on any atom is 0.416 e. The molecule has 2 saturated carbocycles. The number of methoxy groups -OCH3 is 1. The topological polar surface area (TPSA) is 118 Å². The second kappa shape index (κ2) is 12.0. The number of nitrogens with zero attached hydrogens (tertiary/aromatic N) is 1. The third kappa shape index (κ3) is 5.22. The fraction of sp³-hybridized carbons (Fsp3) is 0.333. The second-order valence-corrected chi connectivity index (χ2v) is 15.3. The number of thiazole rings is 1. The third-order valence-corrected chi connectivity index (χ3v) is 13.1. The van der Waals surface area contributed by atoms with Gasteiger partial charge in [-0.2, -0.15) is 13.2 Å². The lowest BCUT2D eigenvalue weighted by Crippen LogP contribution is -2.42. The highest BCUT2D eigenvalue weighted by Crippen LogP contribution is 2.69. The van der Waals surface area contributed by atoms with Crippen molar-refractivity contribution in [2.24, 2.45) is 29.6 Å². The molecule has 14 heteroatoms. The smallest absolute Gasteiger partial charge is 0.416 e. The Morgan fingerprint density at radius 2 is 1.74 bits per heavy atom. The number of H-pyrrole nitrogens is 1. The van der Waals surface area contributed by atoms with E-state index in [9.17, 15) is 32.3 Å². The van der Waals surface area contributed by atoms with Gasteiger partial charge in [-0.25, -0.2) is 0 Å². The molecule has 50 heavy (non-hydrogen) atoms. The molecule has 0 unspecified atom stereocenters. The van der Waals surface area contributed by atoms with Crippen LogP contribution in [0.15, 0.2) is 76.6 Å². The van der Waals surface area contributed by atoms with Gasteiger partial charge in [0, 0.05) is 21.7 Å². The summed E-state index contributed by atoms with van der Waals surface area (Å²) in [5.41, 5.74) is 1.41. The van der Waals surface area contributed by atoms with Crippen LogP contribution >= 0.6 is 23.1 Å². The highest BCUT2D eigenvalue weighted by Gasteiger charge is 2.69. The molecule has 4 aliphatic rings. The first-order valence-electron chi connectivity index (χ1n) is 16.1. The summed E-state index contributed by atoms with van der Waals surface area (Å²) in [4.78, 5) is 57.8. The highest BCUT2D eigenvalue weighted by atomic mass is 32.2. The molecule has 0 spiro atoms. The summed E-state index contributed by atoms with van der Waals surface area (Å²) in [5, 5.41) is 3.44. The Balaban J connectivity index is 1.09. The van der Waals surface area contributed by atoms with Crippen molar-refractivity contribution < 1.29 is 37.0 Å². The molecule has 7 atom stereocenters. The molecule has 0 radical (unpaired) electrons. The number of aromatic amines is 1. The largest absolute Gasteiger partial charge is 0.493 e. The molecule has 3 heterocycles. The number of carbonyl (C=O) groups excluding carboxylic acids is 3. The number of carbonyl (C=O) groups is 3. The molecule has 1 saturated heterocycles. The van der Waals surface area contributed by atoms with Gasteiger partial charge in [0.15, 0.2) is 18.1 Å². The van der Waals surface area contributed by atoms with Gasteiger partial charge in [-0.05, 0) is 78.6 Å². The SMILES string of the molecule is COc1cc([C@@H]2c3sc(=O)[nH]c3S[C@@H]3[C@@H]4C[C@@H]([C@@H]5C(=O)N(c6cccc(C(F)(F)F)c6)C(=O)[C@@H]45)[C@H]23)ccc1OCC(=O)Nc1ccccc1C. The molecule has 258 valence electrons. The number of para-hydroxylation sites is 1. The van der Waals surface area contributed by atoms with Crippen LogP contribution < -0.4 is 24.6 Å². The fourth-order valence-corrected chi connectivity index (χ4v) is 11.4. The van der Waals surface area contributed by atoms with Gasteiger partial charge in [0.1, 0.15) is 0 Å². The predicted molar refractivity (Wildman–Crippen MR) is 181 cm³/mol. The minimum atomic E-state index is -4.63. The van der Waals surface area contributed by atoms with Crippen LogP contribution in [0.25, 0.3) is 0 Å². The fourth-order valence-electron chi connectivity index (χ4n) is 8.51. The van der Waals surface area contributed by atoms with Gasteiger partial charge >= 0.3 is 11.0 Å². The number of alkyl halides is 3. The average molecular weight is 722 g/mol. The number of rotatable bonds is 7. The second-order valence-electron chi connectivity index (χ2n) is 13.1. The van der Waals surface area contributed by atoms with Crippen molar-refractivity contribution in [2.75, 3.05) is 23.9 Å². The number of thioether (sulfide) groups is 1. The van der Waals surface area contributed by atoms with Gasteiger partial charge in [-0.15, -0.1) is 11.8 Å². The maximum atomic E-state index is 14.0. The molecular formula is C36H30F3N3O6S2. The quantitative estimate of drug-likeness (QED) is 0.210. The van der Waals surface area contributed by atoms with Crippen molar-refractivity contribution in [1.29, 1.82) is 0 Å². The number of aryl methyl sites for hydroxylation is 1. The Hall–Kier alpha value is -4.56. The number of halogens is 3. The zero-order valence-electron chi connectivity index (χ0n) is 26.7. The molecule has 1 aromatic heterocycles. The van der Waals surface area contributed by atoms with Gasteiger partial charge in [0.2, 0.25) is 11.8 Å². The van der Waals surface area contributed by atoms with E-state index < -0.39 is 35.4 Å². The standard InChI is InChI=1S/C36H30F3N3O6S2/c1-16-6-3-4-9-22(16)40-25(43)15-48-23-11-10-17(12-24(23)47-2)26-27-20-14-21(30(27)49-32-31(26)50-35(46)41-32)29-28(20)33(44)42(34(29)45)19-8-5-7-18(13-19)36(37,38)39/h3-13,20-21,26-30H,14-15H2,1-2H3,(H,40,43)(H,41,46)/t20-,21-,26+,27-,28+,29+,30-/m1/s1. The Labute approximate surface area is 292 Å². The Bertz CT molecular complexity index is 2110. The number of fused-ring (bicyclic) bond motifs is 9. The van der Waals surface area contributed by atoms with Crippen LogP contribution in [0.1, 0.15) is 33.9 Å². The van der Waals surface area contributed by atoms with Crippen molar-refractivity contribution >= 4 is 52.2 Å². The van der Waals surface area contributed by atoms with Gasteiger partial charge in [0.25, 0.3) is 5.91 Å². The van der Waals surface area contributed by atoms with Crippen molar-refractivity contribution in [3.05, 3.63) is 98.0 Å². The minimum absolute atomic E-state index is 0.0767. The Morgan fingerprint density at radius 1 is 0.980 bits per heavy atom. The zero-order valence-corrected chi connectivity index (χ0v) is 28.3. The number of hydrogen-bond donors (Lipinski definition) is 2. The van der Waals surface area contributed by atoms with Crippen LogP contribution in [0.2, 0.25) is 0 Å². The average Bonchev–Trinajstić information content (AvgIpc) is 3.83. The minimum Gasteiger partial charge on any atom is -0.493 e. The molecule has 2 aliphatic heterocycles.